The molecule has 1 aromatic carbocycles. The highest BCUT2D eigenvalue weighted by molar-refractivity contribution is 5.61. The van der Waals surface area contributed by atoms with Gasteiger partial charge in [0.05, 0.1) is 18.0 Å². The number of nitrogens with one attached hydrogen (secondary N) is 2. The average Bonchev–Trinajstić information content (AvgIpc) is 2.67. The fraction of sp³-hybridized carbons (Fsp3) is 0.211. The van der Waals surface area contributed by atoms with Crippen LogP contribution in [0.2, 0.25) is 0 Å². The minimum Gasteiger partial charge on any atom is -0.394 e. The maximum atomic E-state index is 13.3. The van der Waals surface area contributed by atoms with Crippen LogP contribution in [0, 0.1) is 5.82 Å². The molecule has 3 N–H and O–H groups in total. The van der Waals surface area contributed by atoms with Crippen LogP contribution in [0.1, 0.15) is 12.5 Å². The summed E-state index contributed by atoms with van der Waals surface area (Å²) in [6.07, 6.45) is 1.70. The number of anilines is 2. The Balaban J connectivity index is 1.86. The average molecular weight is 353 g/mol. The van der Waals surface area contributed by atoms with Gasteiger partial charge in [-0.1, -0.05) is 18.2 Å². The number of aliphatic hydroxyl groups excluding tert-OH is 1. The van der Waals surface area contributed by atoms with Crippen LogP contribution in [0.3, 0.4) is 0 Å². The molecule has 0 aliphatic carbocycles. The van der Waals surface area contributed by atoms with Crippen molar-refractivity contribution in [3.05, 3.63) is 66.1 Å². The fourth-order valence-electron chi connectivity index (χ4n) is 2.35. The molecule has 0 radical (unpaired) electrons. The third kappa shape index (κ3) is 4.73. The van der Waals surface area contributed by atoms with Gasteiger partial charge in [-0.05, 0) is 36.8 Å². The van der Waals surface area contributed by atoms with Crippen molar-refractivity contribution >= 4 is 11.8 Å². The highest BCUT2D eigenvalue weighted by Crippen LogP contribution is 2.20. The lowest BCUT2D eigenvalue weighted by Crippen LogP contribution is -2.21. The smallest absolute Gasteiger partial charge is 0.225 e. The normalized spacial score (nSPS) is 11.8. The summed E-state index contributed by atoms with van der Waals surface area (Å²) in [6, 6.07) is 13.6. The van der Waals surface area contributed by atoms with Crippen molar-refractivity contribution in [3.63, 3.8) is 0 Å². The monoisotopic (exact) mass is 353 g/mol. The molecule has 6 nitrogen and oxygen atoms in total. The van der Waals surface area contributed by atoms with E-state index in [-0.39, 0.29) is 18.5 Å². The van der Waals surface area contributed by atoms with Crippen LogP contribution in [-0.2, 0) is 6.54 Å². The lowest BCUT2D eigenvalue weighted by atomic mass is 10.2. The van der Waals surface area contributed by atoms with Crippen LogP contribution in [0.4, 0.5) is 16.2 Å². The minimum absolute atomic E-state index is 0.0385. The molecule has 0 aliphatic rings. The Labute approximate surface area is 151 Å². The van der Waals surface area contributed by atoms with E-state index in [4.69, 9.17) is 0 Å². The molecular weight excluding hydrogens is 333 g/mol. The fourth-order valence-corrected chi connectivity index (χ4v) is 2.35. The summed E-state index contributed by atoms with van der Waals surface area (Å²) in [6.45, 7) is 2.21. The number of hydrogen-bond donors (Lipinski definition) is 3. The number of aromatic nitrogens is 3. The van der Waals surface area contributed by atoms with E-state index in [9.17, 15) is 9.50 Å². The van der Waals surface area contributed by atoms with Gasteiger partial charge in [0.15, 0.2) is 0 Å². The van der Waals surface area contributed by atoms with E-state index in [1.165, 1.54) is 12.1 Å². The molecule has 0 spiro atoms. The van der Waals surface area contributed by atoms with Gasteiger partial charge in [-0.15, -0.1) is 0 Å². The summed E-state index contributed by atoms with van der Waals surface area (Å²) in [7, 11) is 0. The Hall–Kier alpha value is -3.06. The zero-order chi connectivity index (χ0) is 18.4. The quantitative estimate of drug-likeness (QED) is 0.605. The van der Waals surface area contributed by atoms with Gasteiger partial charge in [0.25, 0.3) is 0 Å². The Morgan fingerprint density at radius 1 is 1.08 bits per heavy atom. The first kappa shape index (κ1) is 17.8. The highest BCUT2D eigenvalue weighted by Gasteiger charge is 2.10. The van der Waals surface area contributed by atoms with E-state index >= 15 is 0 Å². The van der Waals surface area contributed by atoms with E-state index in [1.807, 2.05) is 31.2 Å². The van der Waals surface area contributed by atoms with Crippen LogP contribution in [0.5, 0.6) is 0 Å². The Morgan fingerprint density at radius 2 is 1.96 bits per heavy atom. The summed E-state index contributed by atoms with van der Waals surface area (Å²) in [4.78, 5) is 13.2. The van der Waals surface area contributed by atoms with Crippen molar-refractivity contribution in [2.75, 3.05) is 17.2 Å². The summed E-state index contributed by atoms with van der Waals surface area (Å²) >= 11 is 0. The first-order valence-corrected chi connectivity index (χ1v) is 8.30. The van der Waals surface area contributed by atoms with Gasteiger partial charge in [0, 0.05) is 24.8 Å². The minimum atomic E-state index is -0.278. The first-order chi connectivity index (χ1) is 12.6. The van der Waals surface area contributed by atoms with Gasteiger partial charge >= 0.3 is 0 Å². The molecule has 1 atom stereocenters. The maximum Gasteiger partial charge on any atom is 0.225 e. The van der Waals surface area contributed by atoms with E-state index in [0.29, 0.717) is 29.7 Å². The molecule has 26 heavy (non-hydrogen) atoms. The maximum absolute atomic E-state index is 13.3. The van der Waals surface area contributed by atoms with Crippen molar-refractivity contribution in [2.45, 2.75) is 19.5 Å². The summed E-state index contributed by atoms with van der Waals surface area (Å²) in [5.74, 6) is 0.689. The second-order valence-electron chi connectivity index (χ2n) is 5.89. The summed E-state index contributed by atoms with van der Waals surface area (Å²) in [5, 5.41) is 15.5. The molecule has 0 amide bonds. The van der Waals surface area contributed by atoms with E-state index < -0.39 is 0 Å². The van der Waals surface area contributed by atoms with Gasteiger partial charge in [0.2, 0.25) is 5.95 Å². The highest BCUT2D eigenvalue weighted by atomic mass is 19.1. The number of rotatable bonds is 7. The second-order valence-corrected chi connectivity index (χ2v) is 5.89. The van der Waals surface area contributed by atoms with Gasteiger partial charge in [0.1, 0.15) is 11.6 Å². The van der Waals surface area contributed by atoms with E-state index in [0.717, 1.165) is 5.56 Å². The van der Waals surface area contributed by atoms with Crippen molar-refractivity contribution in [1.29, 1.82) is 0 Å². The first-order valence-electron chi connectivity index (χ1n) is 8.30. The number of nitrogens with zero attached hydrogens (tertiary/aromatic N) is 3. The molecule has 3 rings (SSSR count). The van der Waals surface area contributed by atoms with Crippen LogP contribution in [-0.4, -0.2) is 32.7 Å². The van der Waals surface area contributed by atoms with Crippen LogP contribution in [0.15, 0.2) is 54.7 Å². The van der Waals surface area contributed by atoms with Gasteiger partial charge in [-0.2, -0.15) is 4.98 Å². The van der Waals surface area contributed by atoms with Crippen LogP contribution < -0.4 is 10.6 Å². The molecule has 2 aromatic heterocycles. The van der Waals surface area contributed by atoms with Crippen molar-refractivity contribution in [2.24, 2.45) is 0 Å². The molecule has 2 heterocycles. The van der Waals surface area contributed by atoms with Crippen molar-refractivity contribution in [3.8, 4) is 11.4 Å². The molecule has 0 aliphatic heterocycles. The number of aliphatic hydroxyl groups is 1. The Morgan fingerprint density at radius 3 is 2.69 bits per heavy atom. The number of halogens is 1. The molecule has 0 unspecified atom stereocenters. The number of hydrogen-bond acceptors (Lipinski definition) is 6. The number of pyridine rings is 1. The molecule has 7 heteroatoms. The lowest BCUT2D eigenvalue weighted by molar-refractivity contribution is 0.281. The molecule has 0 bridgehead atoms. The Kier molecular flexibility index (Phi) is 5.70. The molecule has 134 valence electrons. The molecule has 0 saturated carbocycles. The van der Waals surface area contributed by atoms with Crippen LogP contribution in [0.25, 0.3) is 11.4 Å². The van der Waals surface area contributed by atoms with Crippen LogP contribution >= 0.6 is 0 Å². The molecular formula is C19H20FN5O. The second kappa shape index (κ2) is 8.35. The Bertz CT molecular complexity index is 860. The van der Waals surface area contributed by atoms with Gasteiger partial charge in [-0.3, -0.25) is 4.98 Å². The molecule has 0 saturated heterocycles. The standard InChI is InChI=1S/C19H20FN5O/c1-13(12-26)23-19-24-17(16-7-2-3-8-21-16)10-18(25-19)22-11-14-5-4-6-15(20)9-14/h2-10,13,26H,11-12H2,1H3,(H2,22,23,24,25)/t13-/m0/s1. The SMILES string of the molecule is C[C@@H](CO)Nc1nc(NCc2cccc(F)c2)cc(-c2ccccn2)n1. The lowest BCUT2D eigenvalue weighted by Gasteiger charge is -2.14. The van der Waals surface area contributed by atoms with Crippen molar-refractivity contribution in [1.82, 2.24) is 15.0 Å². The largest absolute Gasteiger partial charge is 0.394 e. The predicted molar refractivity (Wildman–Crippen MR) is 99.2 cm³/mol. The molecule has 3 aromatic rings. The predicted octanol–water partition coefficient (Wildman–Crippen LogP) is 3.08. The topological polar surface area (TPSA) is 83.0 Å². The van der Waals surface area contributed by atoms with Gasteiger partial charge in [-0.25, -0.2) is 9.37 Å². The third-order valence-corrected chi connectivity index (χ3v) is 3.67. The third-order valence-electron chi connectivity index (χ3n) is 3.67. The number of benzene rings is 1. The van der Waals surface area contributed by atoms with E-state index in [2.05, 4.69) is 25.6 Å². The zero-order valence-corrected chi connectivity index (χ0v) is 14.4. The summed E-state index contributed by atoms with van der Waals surface area (Å²) in [5.41, 5.74) is 2.17. The van der Waals surface area contributed by atoms with Gasteiger partial charge < -0.3 is 15.7 Å². The zero-order valence-electron chi connectivity index (χ0n) is 14.4. The summed E-state index contributed by atoms with van der Waals surface area (Å²) < 4.78 is 13.3. The molecule has 0 fully saturated rings. The van der Waals surface area contributed by atoms with Crippen molar-refractivity contribution < 1.29 is 9.50 Å². The van der Waals surface area contributed by atoms with E-state index in [1.54, 1.807) is 18.3 Å².